The summed E-state index contributed by atoms with van der Waals surface area (Å²) in [7, 11) is 1.37. The fraction of sp³-hybridized carbons (Fsp3) is 0.391. The molecule has 170 valence electrons. The second-order valence-electron chi connectivity index (χ2n) is 8.81. The molecule has 7 nitrogen and oxygen atoms in total. The summed E-state index contributed by atoms with van der Waals surface area (Å²) in [5.41, 5.74) is 1.81. The molecule has 0 radical (unpaired) electrons. The highest BCUT2D eigenvalue weighted by Gasteiger charge is 2.35. The van der Waals surface area contributed by atoms with Gasteiger partial charge in [-0.25, -0.2) is 15.0 Å². The lowest BCUT2D eigenvalue weighted by Crippen LogP contribution is -2.23. The molecule has 4 aromatic rings. The van der Waals surface area contributed by atoms with E-state index in [9.17, 15) is 13.2 Å². The van der Waals surface area contributed by atoms with E-state index in [2.05, 4.69) is 20.6 Å². The Kier molecular flexibility index (Phi) is 4.55. The van der Waals surface area contributed by atoms with E-state index in [0.717, 1.165) is 53.9 Å². The zero-order valence-corrected chi connectivity index (χ0v) is 17.9. The lowest BCUT2D eigenvalue weighted by Gasteiger charge is -2.17. The van der Waals surface area contributed by atoms with Gasteiger partial charge in [0.25, 0.3) is 0 Å². The van der Waals surface area contributed by atoms with Crippen LogP contribution < -0.4 is 10.6 Å². The van der Waals surface area contributed by atoms with Crippen molar-refractivity contribution in [1.29, 1.82) is 0 Å². The molecule has 4 aromatic heterocycles. The first-order valence-electron chi connectivity index (χ1n) is 11.0. The standard InChI is InChI=1S/C23H22F3N7/c1-33-18(23(24,25)26)8-15-14(5-7-29-22(15)33)20-31-17-11-28-10-16(12-2-3-12)19(17)21(32-20)30-13-4-6-27-9-13/h5,7-8,10-13,27H,2-4,6,9H2,1H3,(H,30,31,32). The Morgan fingerprint density at radius 3 is 2.73 bits per heavy atom. The molecule has 2 aliphatic rings. The van der Waals surface area contributed by atoms with E-state index in [1.54, 1.807) is 12.3 Å². The number of anilines is 1. The Morgan fingerprint density at radius 2 is 2.00 bits per heavy atom. The first kappa shape index (κ1) is 20.3. The van der Waals surface area contributed by atoms with Gasteiger partial charge in [0.15, 0.2) is 5.82 Å². The van der Waals surface area contributed by atoms with Gasteiger partial charge in [0.2, 0.25) is 0 Å². The van der Waals surface area contributed by atoms with Crippen molar-refractivity contribution in [1.82, 2.24) is 29.8 Å². The van der Waals surface area contributed by atoms with Crippen LogP contribution in [-0.2, 0) is 13.2 Å². The Hall–Kier alpha value is -3.27. The first-order valence-corrected chi connectivity index (χ1v) is 11.0. The molecule has 1 aliphatic carbocycles. The summed E-state index contributed by atoms with van der Waals surface area (Å²) in [6.45, 7) is 1.76. The van der Waals surface area contributed by atoms with E-state index in [1.165, 1.54) is 13.2 Å². The van der Waals surface area contributed by atoms with Gasteiger partial charge in [0.1, 0.15) is 17.2 Å². The first-order chi connectivity index (χ1) is 15.9. The van der Waals surface area contributed by atoms with Crippen molar-refractivity contribution in [3.8, 4) is 11.4 Å². The minimum atomic E-state index is -4.48. The quantitative estimate of drug-likeness (QED) is 0.481. The van der Waals surface area contributed by atoms with Crippen molar-refractivity contribution in [3.05, 3.63) is 42.0 Å². The van der Waals surface area contributed by atoms with Crippen molar-refractivity contribution in [3.63, 3.8) is 0 Å². The summed E-state index contributed by atoms with van der Waals surface area (Å²) in [6.07, 6.45) is 3.80. The van der Waals surface area contributed by atoms with E-state index in [1.807, 2.05) is 6.20 Å². The highest BCUT2D eigenvalue weighted by atomic mass is 19.4. The summed E-state index contributed by atoms with van der Waals surface area (Å²) in [5.74, 6) is 1.52. The third kappa shape index (κ3) is 3.49. The SMILES string of the molecule is Cn1c(C(F)(F)F)cc2c(-c3nc(NC4CCNC4)c4c(C5CC5)cncc4n3)ccnc21. The Balaban J connectivity index is 1.57. The predicted octanol–water partition coefficient (Wildman–Crippen LogP) is 4.25. The molecular formula is C23H22F3N7. The van der Waals surface area contributed by atoms with E-state index < -0.39 is 11.9 Å². The lowest BCUT2D eigenvalue weighted by atomic mass is 10.1. The fourth-order valence-electron chi connectivity index (χ4n) is 4.70. The van der Waals surface area contributed by atoms with Crippen molar-refractivity contribution < 1.29 is 13.2 Å². The van der Waals surface area contributed by atoms with E-state index in [4.69, 9.17) is 9.97 Å². The molecule has 33 heavy (non-hydrogen) atoms. The summed E-state index contributed by atoms with van der Waals surface area (Å²) in [4.78, 5) is 18.2. The van der Waals surface area contributed by atoms with Gasteiger partial charge < -0.3 is 15.2 Å². The summed E-state index contributed by atoms with van der Waals surface area (Å²) in [5, 5.41) is 8.23. The van der Waals surface area contributed by atoms with Crippen LogP contribution in [0.5, 0.6) is 0 Å². The molecule has 10 heteroatoms. The van der Waals surface area contributed by atoms with Crippen LogP contribution in [-0.4, -0.2) is 43.6 Å². The molecule has 2 N–H and O–H groups in total. The molecule has 0 bridgehead atoms. The molecule has 2 fully saturated rings. The van der Waals surface area contributed by atoms with Crippen LogP contribution in [0.25, 0.3) is 33.3 Å². The van der Waals surface area contributed by atoms with Crippen LogP contribution in [0.15, 0.2) is 30.7 Å². The van der Waals surface area contributed by atoms with Gasteiger partial charge in [0, 0.05) is 48.4 Å². The van der Waals surface area contributed by atoms with Crippen molar-refractivity contribution in [2.24, 2.45) is 7.05 Å². The van der Waals surface area contributed by atoms with Gasteiger partial charge in [-0.3, -0.25) is 4.98 Å². The molecule has 0 aromatic carbocycles. The molecular weight excluding hydrogens is 431 g/mol. The van der Waals surface area contributed by atoms with Crippen LogP contribution >= 0.6 is 0 Å². The minimum Gasteiger partial charge on any atom is -0.365 e. The number of aryl methyl sites for hydroxylation is 1. The maximum Gasteiger partial charge on any atom is 0.431 e. The van der Waals surface area contributed by atoms with Crippen LogP contribution in [0, 0.1) is 0 Å². The number of aromatic nitrogens is 5. The van der Waals surface area contributed by atoms with Crippen LogP contribution in [0.3, 0.4) is 0 Å². The third-order valence-corrected chi connectivity index (χ3v) is 6.52. The number of hydrogen-bond donors (Lipinski definition) is 2. The van der Waals surface area contributed by atoms with Gasteiger partial charge in [0.05, 0.1) is 11.7 Å². The zero-order chi connectivity index (χ0) is 22.7. The van der Waals surface area contributed by atoms with Crippen LogP contribution in [0.2, 0.25) is 0 Å². The molecule has 0 spiro atoms. The minimum absolute atomic E-state index is 0.224. The van der Waals surface area contributed by atoms with Crippen LogP contribution in [0.1, 0.15) is 36.4 Å². The Morgan fingerprint density at radius 1 is 1.15 bits per heavy atom. The van der Waals surface area contributed by atoms with Crippen molar-refractivity contribution in [2.75, 3.05) is 18.4 Å². The predicted molar refractivity (Wildman–Crippen MR) is 119 cm³/mol. The Labute approximate surface area is 187 Å². The molecule has 6 rings (SSSR count). The largest absolute Gasteiger partial charge is 0.431 e. The van der Waals surface area contributed by atoms with Crippen LogP contribution in [0.4, 0.5) is 19.0 Å². The topological polar surface area (TPSA) is 80.5 Å². The summed E-state index contributed by atoms with van der Waals surface area (Å²) < 4.78 is 41.7. The number of nitrogens with zero attached hydrogens (tertiary/aromatic N) is 5. The summed E-state index contributed by atoms with van der Waals surface area (Å²) in [6, 6.07) is 3.02. The molecule has 1 aliphatic heterocycles. The second-order valence-corrected chi connectivity index (χ2v) is 8.81. The van der Waals surface area contributed by atoms with Crippen molar-refractivity contribution >= 4 is 27.8 Å². The Bertz CT molecular complexity index is 1370. The highest BCUT2D eigenvalue weighted by molar-refractivity contribution is 5.97. The molecule has 1 saturated heterocycles. The van der Waals surface area contributed by atoms with Gasteiger partial charge in [-0.05, 0) is 49.4 Å². The number of hydrogen-bond acceptors (Lipinski definition) is 6. The number of rotatable bonds is 4. The molecule has 1 saturated carbocycles. The number of pyridine rings is 2. The average Bonchev–Trinajstić information content (AvgIpc) is 3.40. The average molecular weight is 453 g/mol. The van der Waals surface area contributed by atoms with Gasteiger partial charge in [-0.1, -0.05) is 0 Å². The lowest BCUT2D eigenvalue weighted by molar-refractivity contribution is -0.142. The number of fused-ring (bicyclic) bond motifs is 2. The van der Waals surface area contributed by atoms with E-state index >= 15 is 0 Å². The monoisotopic (exact) mass is 453 g/mol. The molecule has 1 atom stereocenters. The molecule has 5 heterocycles. The molecule has 0 amide bonds. The highest BCUT2D eigenvalue weighted by Crippen LogP contribution is 2.44. The maximum absolute atomic E-state index is 13.5. The smallest absolute Gasteiger partial charge is 0.365 e. The normalized spacial score (nSPS) is 19.0. The van der Waals surface area contributed by atoms with Gasteiger partial charge in [-0.2, -0.15) is 13.2 Å². The number of halogens is 3. The zero-order valence-electron chi connectivity index (χ0n) is 17.9. The molecule has 1 unspecified atom stereocenters. The maximum atomic E-state index is 13.5. The number of alkyl halides is 3. The summed E-state index contributed by atoms with van der Waals surface area (Å²) >= 11 is 0. The van der Waals surface area contributed by atoms with E-state index in [0.29, 0.717) is 34.0 Å². The fourth-order valence-corrected chi connectivity index (χ4v) is 4.70. The van der Waals surface area contributed by atoms with E-state index in [-0.39, 0.29) is 11.7 Å². The van der Waals surface area contributed by atoms with Crippen molar-refractivity contribution in [2.45, 2.75) is 37.4 Å². The number of nitrogens with one attached hydrogen (secondary N) is 2. The van der Waals surface area contributed by atoms with Gasteiger partial charge >= 0.3 is 6.18 Å². The van der Waals surface area contributed by atoms with Gasteiger partial charge in [-0.15, -0.1) is 0 Å². The second kappa shape index (κ2) is 7.38. The third-order valence-electron chi connectivity index (χ3n) is 6.52.